The minimum atomic E-state index is -3.41. The topological polar surface area (TPSA) is 62.5 Å². The molecule has 0 spiro atoms. The normalized spacial score (nSPS) is 18.6. The summed E-state index contributed by atoms with van der Waals surface area (Å²) in [6.07, 6.45) is 4.40. The Morgan fingerprint density at radius 3 is 2.55 bits per heavy atom. The summed E-state index contributed by atoms with van der Waals surface area (Å²) in [6.45, 7) is 5.97. The van der Waals surface area contributed by atoms with E-state index in [-0.39, 0.29) is 6.61 Å². The van der Waals surface area contributed by atoms with Crippen molar-refractivity contribution in [3.8, 4) is 0 Å². The van der Waals surface area contributed by atoms with Crippen molar-refractivity contribution in [2.24, 2.45) is 5.92 Å². The molecule has 114 valence electrons. The molecule has 0 aliphatic carbocycles. The molecule has 0 amide bonds. The number of hydrogen-bond acceptors (Lipinski definition) is 3. The number of aromatic nitrogens is 1. The maximum atomic E-state index is 12.6. The second-order valence-corrected chi connectivity index (χ2v) is 7.54. The minimum absolute atomic E-state index is 0.132. The lowest BCUT2D eigenvalue weighted by molar-refractivity contribution is 0.270. The van der Waals surface area contributed by atoms with Gasteiger partial charge in [0.05, 0.1) is 6.61 Å². The van der Waals surface area contributed by atoms with Crippen LogP contribution in [0.25, 0.3) is 0 Å². The van der Waals surface area contributed by atoms with Crippen LogP contribution in [0.15, 0.2) is 17.2 Å². The van der Waals surface area contributed by atoms with E-state index in [2.05, 4.69) is 6.92 Å². The number of nitrogens with zero attached hydrogens (tertiary/aromatic N) is 2. The van der Waals surface area contributed by atoms with Gasteiger partial charge in [0.25, 0.3) is 0 Å². The van der Waals surface area contributed by atoms with Crippen LogP contribution in [0.2, 0.25) is 0 Å². The molecule has 1 aromatic rings. The van der Waals surface area contributed by atoms with Crippen molar-refractivity contribution < 1.29 is 13.5 Å². The predicted molar refractivity (Wildman–Crippen MR) is 77.8 cm³/mol. The third-order valence-electron chi connectivity index (χ3n) is 3.97. The van der Waals surface area contributed by atoms with E-state index in [9.17, 15) is 13.5 Å². The van der Waals surface area contributed by atoms with E-state index >= 15 is 0 Å². The number of piperidine rings is 1. The molecule has 1 saturated heterocycles. The molecule has 0 aromatic carbocycles. The number of aliphatic hydroxyl groups excluding tert-OH is 1. The Labute approximate surface area is 121 Å². The fourth-order valence-electron chi connectivity index (χ4n) is 2.62. The number of sulfonamides is 1. The van der Waals surface area contributed by atoms with Gasteiger partial charge in [-0.25, -0.2) is 8.42 Å². The lowest BCUT2D eigenvalue weighted by Gasteiger charge is -2.29. The standard InChI is InChI=1S/C14H24N2O3S/c1-3-6-15-10-14(9-13(15)11-17)20(18,19)16-7-4-12(2)5-8-16/h9-10,12,17H,3-8,11H2,1-2H3. The number of aryl methyl sites for hydroxylation is 1. The molecular weight excluding hydrogens is 276 g/mol. The molecule has 1 fully saturated rings. The molecule has 2 rings (SSSR count). The number of hydrogen-bond donors (Lipinski definition) is 1. The van der Waals surface area contributed by atoms with Gasteiger partial charge < -0.3 is 9.67 Å². The smallest absolute Gasteiger partial charge is 0.244 e. The Morgan fingerprint density at radius 2 is 2.00 bits per heavy atom. The van der Waals surface area contributed by atoms with Crippen LogP contribution in [-0.4, -0.2) is 35.5 Å². The summed E-state index contributed by atoms with van der Waals surface area (Å²) in [5.74, 6) is 0.596. The third kappa shape index (κ3) is 3.07. The first kappa shape index (κ1) is 15.5. The Balaban J connectivity index is 2.25. The summed E-state index contributed by atoms with van der Waals surface area (Å²) in [5.41, 5.74) is 0.663. The quantitative estimate of drug-likeness (QED) is 0.902. The van der Waals surface area contributed by atoms with Gasteiger partial charge in [0.1, 0.15) is 4.90 Å². The van der Waals surface area contributed by atoms with Crippen LogP contribution in [0.1, 0.15) is 38.8 Å². The highest BCUT2D eigenvalue weighted by Gasteiger charge is 2.29. The van der Waals surface area contributed by atoms with Gasteiger partial charge in [-0.15, -0.1) is 0 Å². The first-order valence-electron chi connectivity index (χ1n) is 7.29. The second kappa shape index (κ2) is 6.28. The van der Waals surface area contributed by atoms with Gasteiger partial charge in [-0.05, 0) is 31.2 Å². The monoisotopic (exact) mass is 300 g/mol. The molecule has 0 atom stereocenters. The van der Waals surface area contributed by atoms with Crippen LogP contribution in [0.5, 0.6) is 0 Å². The molecule has 1 aliphatic heterocycles. The zero-order valence-corrected chi connectivity index (χ0v) is 13.1. The molecular formula is C14H24N2O3S. The van der Waals surface area contributed by atoms with Crippen molar-refractivity contribution in [1.29, 1.82) is 0 Å². The highest BCUT2D eigenvalue weighted by atomic mass is 32.2. The predicted octanol–water partition coefficient (Wildman–Crippen LogP) is 1.81. The van der Waals surface area contributed by atoms with Gasteiger partial charge in [0.2, 0.25) is 10.0 Å². The summed E-state index contributed by atoms with van der Waals surface area (Å²) in [6, 6.07) is 1.60. The third-order valence-corrected chi connectivity index (χ3v) is 5.83. The molecule has 2 heterocycles. The molecule has 0 unspecified atom stereocenters. The number of rotatable bonds is 5. The first-order valence-corrected chi connectivity index (χ1v) is 8.73. The van der Waals surface area contributed by atoms with E-state index in [0.717, 1.165) is 25.8 Å². The molecule has 1 aliphatic rings. The molecule has 1 aromatic heterocycles. The van der Waals surface area contributed by atoms with Crippen molar-refractivity contribution >= 4 is 10.0 Å². The van der Waals surface area contributed by atoms with Crippen LogP contribution in [0, 0.1) is 5.92 Å². The van der Waals surface area contributed by atoms with E-state index in [1.54, 1.807) is 16.6 Å². The summed E-state index contributed by atoms with van der Waals surface area (Å²) >= 11 is 0. The van der Waals surface area contributed by atoms with Crippen molar-refractivity contribution in [3.63, 3.8) is 0 Å². The van der Waals surface area contributed by atoms with Crippen LogP contribution in [-0.2, 0) is 23.2 Å². The Hall–Kier alpha value is -0.850. The van der Waals surface area contributed by atoms with Crippen LogP contribution < -0.4 is 0 Å². The summed E-state index contributed by atoms with van der Waals surface area (Å²) in [4.78, 5) is 0.310. The highest BCUT2D eigenvalue weighted by molar-refractivity contribution is 7.89. The SMILES string of the molecule is CCCn1cc(S(=O)(=O)N2CCC(C)CC2)cc1CO. The Bertz CT molecular complexity index is 543. The van der Waals surface area contributed by atoms with Crippen molar-refractivity contribution in [3.05, 3.63) is 18.0 Å². The Morgan fingerprint density at radius 1 is 1.35 bits per heavy atom. The molecule has 0 bridgehead atoms. The fourth-order valence-corrected chi connectivity index (χ4v) is 4.16. The lowest BCUT2D eigenvalue weighted by Crippen LogP contribution is -2.37. The molecule has 5 nitrogen and oxygen atoms in total. The average molecular weight is 300 g/mol. The summed E-state index contributed by atoms with van der Waals surface area (Å²) < 4.78 is 28.6. The summed E-state index contributed by atoms with van der Waals surface area (Å²) in [7, 11) is -3.41. The van der Waals surface area contributed by atoms with Gasteiger partial charge in [-0.1, -0.05) is 13.8 Å². The van der Waals surface area contributed by atoms with Crippen molar-refractivity contribution in [1.82, 2.24) is 8.87 Å². The average Bonchev–Trinajstić information content (AvgIpc) is 2.83. The molecule has 0 radical (unpaired) electrons. The highest BCUT2D eigenvalue weighted by Crippen LogP contribution is 2.25. The van der Waals surface area contributed by atoms with E-state index in [1.807, 2.05) is 11.5 Å². The maximum Gasteiger partial charge on any atom is 0.244 e. The zero-order chi connectivity index (χ0) is 14.8. The molecule has 20 heavy (non-hydrogen) atoms. The first-order chi connectivity index (χ1) is 9.48. The van der Waals surface area contributed by atoms with E-state index < -0.39 is 10.0 Å². The van der Waals surface area contributed by atoms with Crippen LogP contribution in [0.4, 0.5) is 0 Å². The van der Waals surface area contributed by atoms with Gasteiger partial charge in [-0.3, -0.25) is 0 Å². The van der Waals surface area contributed by atoms with Gasteiger partial charge in [0.15, 0.2) is 0 Å². The summed E-state index contributed by atoms with van der Waals surface area (Å²) in [5, 5.41) is 9.34. The molecule has 1 N–H and O–H groups in total. The Kier molecular flexibility index (Phi) is 4.88. The van der Waals surface area contributed by atoms with E-state index in [0.29, 0.717) is 29.6 Å². The van der Waals surface area contributed by atoms with Crippen molar-refractivity contribution in [2.45, 2.75) is 51.2 Å². The maximum absolute atomic E-state index is 12.6. The number of aliphatic hydroxyl groups is 1. The lowest BCUT2D eigenvalue weighted by atomic mass is 10.0. The fraction of sp³-hybridized carbons (Fsp3) is 0.714. The molecule has 6 heteroatoms. The van der Waals surface area contributed by atoms with E-state index in [1.165, 1.54) is 0 Å². The van der Waals surface area contributed by atoms with Crippen molar-refractivity contribution in [2.75, 3.05) is 13.1 Å². The van der Waals surface area contributed by atoms with Gasteiger partial charge in [0, 0.05) is 31.5 Å². The zero-order valence-electron chi connectivity index (χ0n) is 12.2. The van der Waals surface area contributed by atoms with Crippen LogP contribution >= 0.6 is 0 Å². The van der Waals surface area contributed by atoms with Gasteiger partial charge >= 0.3 is 0 Å². The van der Waals surface area contributed by atoms with E-state index in [4.69, 9.17) is 0 Å². The van der Waals surface area contributed by atoms with Crippen LogP contribution in [0.3, 0.4) is 0 Å². The minimum Gasteiger partial charge on any atom is -0.390 e. The molecule has 0 saturated carbocycles. The second-order valence-electron chi connectivity index (χ2n) is 5.61. The van der Waals surface area contributed by atoms with Gasteiger partial charge in [-0.2, -0.15) is 4.31 Å². The largest absolute Gasteiger partial charge is 0.390 e.